The second kappa shape index (κ2) is 6.39. The number of pyridine rings is 1. The molecule has 2 aromatic heterocycles. The van der Waals surface area contributed by atoms with E-state index >= 15 is 0 Å². The van der Waals surface area contributed by atoms with Crippen LogP contribution in [0.15, 0.2) is 24.4 Å². The van der Waals surface area contributed by atoms with Crippen molar-refractivity contribution < 1.29 is 19.0 Å². The number of aryl methyl sites for hydroxylation is 1. The first-order valence-corrected chi connectivity index (χ1v) is 7.92. The predicted octanol–water partition coefficient (Wildman–Crippen LogP) is 4.35. The minimum absolute atomic E-state index is 0.0537. The lowest BCUT2D eigenvalue weighted by Gasteiger charge is -2.12. The van der Waals surface area contributed by atoms with Gasteiger partial charge in [-0.05, 0) is 39.8 Å². The fraction of sp³-hybridized carbons (Fsp3) is 0.333. The Morgan fingerprint density at radius 3 is 2.75 bits per heavy atom. The number of fused-ring (bicyclic) bond motifs is 3. The molecule has 6 nitrogen and oxygen atoms in total. The zero-order valence-electron chi connectivity index (χ0n) is 14.2. The third kappa shape index (κ3) is 2.87. The maximum atomic E-state index is 11.6. The van der Waals surface area contributed by atoms with Gasteiger partial charge in [-0.25, -0.2) is 9.78 Å². The van der Waals surface area contributed by atoms with E-state index in [1.807, 2.05) is 39.0 Å². The average molecular weight is 328 g/mol. The monoisotopic (exact) mass is 328 g/mol. The lowest BCUT2D eigenvalue weighted by atomic mass is 10.1. The number of carbonyl (C=O) groups excluding carboxylic acids is 1. The fourth-order valence-electron chi connectivity index (χ4n) is 2.73. The molecule has 0 radical (unpaired) electrons. The molecule has 0 aliphatic carbocycles. The Morgan fingerprint density at radius 2 is 2.04 bits per heavy atom. The minimum atomic E-state index is -0.758. The summed E-state index contributed by atoms with van der Waals surface area (Å²) in [5.74, 6) is 1.02. The Kier molecular flexibility index (Phi) is 4.29. The molecular weight excluding hydrogens is 308 g/mol. The van der Waals surface area contributed by atoms with Crippen molar-refractivity contribution in [1.82, 2.24) is 9.97 Å². The second-order valence-corrected chi connectivity index (χ2v) is 5.73. The SMILES string of the molecule is CCOC(=O)Oc1ncc2[nH]c3cccc(OC(C)C)c3c2c1C. The van der Waals surface area contributed by atoms with Crippen molar-refractivity contribution in [1.29, 1.82) is 0 Å². The van der Waals surface area contributed by atoms with Crippen LogP contribution in [0, 0.1) is 6.92 Å². The van der Waals surface area contributed by atoms with Gasteiger partial charge in [0.05, 0.1) is 29.9 Å². The lowest BCUT2D eigenvalue weighted by molar-refractivity contribution is 0.102. The summed E-state index contributed by atoms with van der Waals surface area (Å²) >= 11 is 0. The van der Waals surface area contributed by atoms with E-state index in [4.69, 9.17) is 14.2 Å². The molecule has 3 aromatic rings. The number of carbonyl (C=O) groups is 1. The summed E-state index contributed by atoms with van der Waals surface area (Å²) in [5, 5.41) is 1.88. The Morgan fingerprint density at radius 1 is 1.25 bits per heavy atom. The zero-order valence-corrected chi connectivity index (χ0v) is 14.2. The molecule has 2 heterocycles. The van der Waals surface area contributed by atoms with Gasteiger partial charge in [-0.1, -0.05) is 6.07 Å². The number of aromatic amines is 1. The van der Waals surface area contributed by atoms with Gasteiger partial charge in [-0.3, -0.25) is 0 Å². The molecule has 0 spiro atoms. The molecule has 24 heavy (non-hydrogen) atoms. The summed E-state index contributed by atoms with van der Waals surface area (Å²) < 4.78 is 16.0. The van der Waals surface area contributed by atoms with E-state index in [1.54, 1.807) is 13.1 Å². The van der Waals surface area contributed by atoms with Crippen LogP contribution in [0.4, 0.5) is 4.79 Å². The van der Waals surface area contributed by atoms with Gasteiger partial charge in [0, 0.05) is 16.3 Å². The van der Waals surface area contributed by atoms with E-state index in [0.717, 1.165) is 33.1 Å². The lowest BCUT2D eigenvalue weighted by Crippen LogP contribution is -2.11. The molecule has 126 valence electrons. The van der Waals surface area contributed by atoms with Gasteiger partial charge in [0.15, 0.2) is 0 Å². The van der Waals surface area contributed by atoms with Crippen molar-refractivity contribution in [2.75, 3.05) is 6.61 Å². The minimum Gasteiger partial charge on any atom is -0.490 e. The van der Waals surface area contributed by atoms with Gasteiger partial charge < -0.3 is 19.2 Å². The number of benzene rings is 1. The molecule has 1 aromatic carbocycles. The predicted molar refractivity (Wildman–Crippen MR) is 91.8 cm³/mol. The highest BCUT2D eigenvalue weighted by Crippen LogP contribution is 2.37. The molecule has 0 aliphatic heterocycles. The first-order chi connectivity index (χ1) is 11.5. The van der Waals surface area contributed by atoms with Crippen molar-refractivity contribution in [3.63, 3.8) is 0 Å². The second-order valence-electron chi connectivity index (χ2n) is 5.73. The highest BCUT2D eigenvalue weighted by Gasteiger charge is 2.18. The smallest absolute Gasteiger partial charge is 0.490 e. The Balaban J connectivity index is 2.18. The van der Waals surface area contributed by atoms with E-state index in [9.17, 15) is 4.79 Å². The van der Waals surface area contributed by atoms with Crippen LogP contribution < -0.4 is 9.47 Å². The number of H-pyrrole nitrogens is 1. The number of nitrogens with one attached hydrogen (secondary N) is 1. The number of hydrogen-bond acceptors (Lipinski definition) is 5. The van der Waals surface area contributed by atoms with Crippen LogP contribution in [0.25, 0.3) is 21.8 Å². The van der Waals surface area contributed by atoms with Crippen molar-refractivity contribution in [3.8, 4) is 11.6 Å². The third-order valence-electron chi connectivity index (χ3n) is 3.63. The standard InChI is InChI=1S/C18H20N2O4/c1-5-22-18(21)24-17-11(4)15-13(9-19-17)20-12-7-6-8-14(16(12)15)23-10(2)3/h6-10,20H,5H2,1-4H3. The van der Waals surface area contributed by atoms with Gasteiger partial charge >= 0.3 is 6.16 Å². The molecule has 1 N–H and O–H groups in total. The van der Waals surface area contributed by atoms with Gasteiger partial charge in [0.1, 0.15) is 5.75 Å². The molecule has 0 unspecified atom stereocenters. The van der Waals surface area contributed by atoms with Crippen LogP contribution in [-0.2, 0) is 4.74 Å². The number of aromatic nitrogens is 2. The average Bonchev–Trinajstić information content (AvgIpc) is 2.90. The number of hydrogen-bond donors (Lipinski definition) is 1. The summed E-state index contributed by atoms with van der Waals surface area (Å²) in [6, 6.07) is 5.85. The van der Waals surface area contributed by atoms with E-state index in [-0.39, 0.29) is 18.6 Å². The molecule has 0 amide bonds. The maximum absolute atomic E-state index is 11.6. The summed E-state index contributed by atoms with van der Waals surface area (Å²) in [6.07, 6.45) is 0.944. The molecule has 0 saturated carbocycles. The van der Waals surface area contributed by atoms with Gasteiger partial charge in [-0.15, -0.1) is 0 Å². The normalized spacial score (nSPS) is 11.2. The van der Waals surface area contributed by atoms with Crippen molar-refractivity contribution in [2.45, 2.75) is 33.8 Å². The van der Waals surface area contributed by atoms with Gasteiger partial charge in [0.25, 0.3) is 0 Å². The first-order valence-electron chi connectivity index (χ1n) is 7.92. The largest absolute Gasteiger partial charge is 0.515 e. The fourth-order valence-corrected chi connectivity index (χ4v) is 2.73. The quantitative estimate of drug-likeness (QED) is 0.721. The highest BCUT2D eigenvalue weighted by molar-refractivity contribution is 6.12. The van der Waals surface area contributed by atoms with Crippen molar-refractivity contribution >= 4 is 28.0 Å². The zero-order chi connectivity index (χ0) is 17.3. The first kappa shape index (κ1) is 16.1. The van der Waals surface area contributed by atoms with E-state index in [2.05, 4.69) is 9.97 Å². The van der Waals surface area contributed by atoms with Crippen LogP contribution in [0.2, 0.25) is 0 Å². The summed E-state index contributed by atoms with van der Waals surface area (Å²) in [7, 11) is 0. The molecular formula is C18H20N2O4. The number of nitrogens with zero attached hydrogens (tertiary/aromatic N) is 1. The molecule has 0 fully saturated rings. The van der Waals surface area contributed by atoms with Crippen LogP contribution >= 0.6 is 0 Å². The maximum Gasteiger partial charge on any atom is 0.515 e. The summed E-state index contributed by atoms with van der Waals surface area (Å²) in [6.45, 7) is 7.80. The molecule has 0 atom stereocenters. The van der Waals surface area contributed by atoms with Gasteiger partial charge in [-0.2, -0.15) is 0 Å². The number of rotatable bonds is 4. The summed E-state index contributed by atoms with van der Waals surface area (Å²) in [5.41, 5.74) is 2.56. The highest BCUT2D eigenvalue weighted by atomic mass is 16.7. The van der Waals surface area contributed by atoms with E-state index in [1.165, 1.54) is 0 Å². The van der Waals surface area contributed by atoms with Gasteiger partial charge in [0.2, 0.25) is 5.88 Å². The molecule has 0 bridgehead atoms. The molecule has 0 saturated heterocycles. The van der Waals surface area contributed by atoms with E-state index in [0.29, 0.717) is 0 Å². The molecule has 3 rings (SSSR count). The van der Waals surface area contributed by atoms with Crippen LogP contribution in [0.5, 0.6) is 11.6 Å². The Labute approximate surface area is 139 Å². The molecule has 6 heteroatoms. The van der Waals surface area contributed by atoms with Crippen LogP contribution in [0.1, 0.15) is 26.3 Å². The van der Waals surface area contributed by atoms with Crippen molar-refractivity contribution in [3.05, 3.63) is 30.0 Å². The Hall–Kier alpha value is -2.76. The van der Waals surface area contributed by atoms with E-state index < -0.39 is 6.16 Å². The van der Waals surface area contributed by atoms with Crippen molar-refractivity contribution in [2.24, 2.45) is 0 Å². The van der Waals surface area contributed by atoms with Crippen LogP contribution in [-0.4, -0.2) is 28.8 Å². The number of ether oxygens (including phenoxy) is 3. The topological polar surface area (TPSA) is 73.4 Å². The Bertz CT molecular complexity index is 899. The third-order valence-corrected chi connectivity index (χ3v) is 3.63. The van der Waals surface area contributed by atoms with Crippen LogP contribution in [0.3, 0.4) is 0 Å². The molecule has 0 aliphatic rings. The summed E-state index contributed by atoms with van der Waals surface area (Å²) in [4.78, 5) is 19.1.